The van der Waals surface area contributed by atoms with Crippen LogP contribution in [0.5, 0.6) is 5.75 Å². The quantitative estimate of drug-likeness (QED) is 0.413. The predicted octanol–water partition coefficient (Wildman–Crippen LogP) is 4.00. The molecule has 0 atom stereocenters. The van der Waals surface area contributed by atoms with Crippen molar-refractivity contribution in [3.8, 4) is 5.75 Å². The summed E-state index contributed by atoms with van der Waals surface area (Å²) in [5, 5.41) is -0.439. The molecule has 1 rings (SSSR count). The molecule has 0 aliphatic carbocycles. The summed E-state index contributed by atoms with van der Waals surface area (Å²) in [6, 6.07) is 3.51. The van der Waals surface area contributed by atoms with E-state index in [-0.39, 0.29) is 0 Å². The Morgan fingerprint density at radius 3 is 2.21 bits per heavy atom. The standard InChI is InChI=1S/C13H16ClI2NO2/c1-3-17(4-2)5-6-19-12-10(15)7-9(13(14)18)8-11(12)16/h7-8H,3-6H2,1-2H3. The van der Waals surface area contributed by atoms with Gasteiger partial charge in [-0.2, -0.15) is 0 Å². The van der Waals surface area contributed by atoms with E-state index in [1.54, 1.807) is 12.1 Å². The van der Waals surface area contributed by atoms with Crippen LogP contribution in [-0.2, 0) is 0 Å². The zero-order valence-electron chi connectivity index (χ0n) is 10.9. The van der Waals surface area contributed by atoms with Crippen molar-refractivity contribution in [3.05, 3.63) is 24.8 Å². The van der Waals surface area contributed by atoms with Gasteiger partial charge in [0, 0.05) is 12.1 Å². The van der Waals surface area contributed by atoms with Crippen LogP contribution in [0.2, 0.25) is 0 Å². The van der Waals surface area contributed by atoms with Gasteiger partial charge in [-0.25, -0.2) is 0 Å². The van der Waals surface area contributed by atoms with E-state index in [9.17, 15) is 4.79 Å². The minimum atomic E-state index is -0.439. The second-order valence-electron chi connectivity index (χ2n) is 3.92. The van der Waals surface area contributed by atoms with Gasteiger partial charge in [-0.1, -0.05) is 13.8 Å². The second kappa shape index (κ2) is 8.63. The van der Waals surface area contributed by atoms with Gasteiger partial charge in [0.2, 0.25) is 0 Å². The van der Waals surface area contributed by atoms with E-state index in [0.717, 1.165) is 32.5 Å². The summed E-state index contributed by atoms with van der Waals surface area (Å²) < 4.78 is 7.65. The third-order valence-electron chi connectivity index (χ3n) is 2.77. The molecule has 0 N–H and O–H groups in total. The normalized spacial score (nSPS) is 10.8. The first-order valence-corrected chi connectivity index (χ1v) is 8.57. The van der Waals surface area contributed by atoms with Crippen molar-refractivity contribution in [1.82, 2.24) is 4.90 Å². The highest BCUT2D eigenvalue weighted by Gasteiger charge is 2.12. The number of benzene rings is 1. The average molecular weight is 508 g/mol. The SMILES string of the molecule is CCN(CC)CCOc1c(I)cc(C(=O)Cl)cc1I. The molecule has 0 saturated heterocycles. The third kappa shape index (κ3) is 5.35. The molecule has 0 bridgehead atoms. The highest BCUT2D eigenvalue weighted by Crippen LogP contribution is 2.29. The minimum absolute atomic E-state index is 0.439. The highest BCUT2D eigenvalue weighted by atomic mass is 127. The van der Waals surface area contributed by atoms with Crippen molar-refractivity contribution in [1.29, 1.82) is 0 Å². The molecule has 0 unspecified atom stereocenters. The lowest BCUT2D eigenvalue weighted by Gasteiger charge is -2.19. The molecule has 1 aromatic rings. The first-order chi connectivity index (χ1) is 8.99. The molecule has 0 heterocycles. The van der Waals surface area contributed by atoms with Gasteiger partial charge in [-0.15, -0.1) is 0 Å². The maximum Gasteiger partial charge on any atom is 0.252 e. The van der Waals surface area contributed by atoms with Gasteiger partial charge in [-0.05, 0) is 82.0 Å². The molecule has 6 heteroatoms. The molecule has 0 aromatic heterocycles. The fourth-order valence-corrected chi connectivity index (χ4v) is 3.82. The summed E-state index contributed by atoms with van der Waals surface area (Å²) in [4.78, 5) is 13.5. The molecule has 0 fully saturated rings. The number of halogens is 3. The monoisotopic (exact) mass is 507 g/mol. The number of carbonyl (C=O) groups excluding carboxylic acids is 1. The third-order valence-corrected chi connectivity index (χ3v) is 4.59. The Kier molecular flexibility index (Phi) is 7.93. The van der Waals surface area contributed by atoms with Crippen LogP contribution in [0.25, 0.3) is 0 Å². The molecule has 0 aliphatic rings. The molecule has 3 nitrogen and oxygen atoms in total. The Hall–Kier alpha value is 0.400. The van der Waals surface area contributed by atoms with Crippen LogP contribution in [0.4, 0.5) is 0 Å². The molecular weight excluding hydrogens is 491 g/mol. The number of hydrogen-bond donors (Lipinski definition) is 0. The molecule has 1 aromatic carbocycles. The number of rotatable bonds is 7. The zero-order valence-corrected chi connectivity index (χ0v) is 16.0. The lowest BCUT2D eigenvalue weighted by molar-refractivity contribution is 0.108. The highest BCUT2D eigenvalue weighted by molar-refractivity contribution is 14.1. The maximum absolute atomic E-state index is 11.2. The van der Waals surface area contributed by atoms with Crippen molar-refractivity contribution >= 4 is 62.0 Å². The number of likely N-dealkylation sites (N-methyl/N-ethyl adjacent to an activating group) is 1. The Bertz CT molecular complexity index is 427. The van der Waals surface area contributed by atoms with Crippen LogP contribution in [-0.4, -0.2) is 36.4 Å². The van der Waals surface area contributed by atoms with Gasteiger partial charge < -0.3 is 9.64 Å². The smallest absolute Gasteiger partial charge is 0.252 e. The molecule has 0 radical (unpaired) electrons. The van der Waals surface area contributed by atoms with Crippen LogP contribution in [0.15, 0.2) is 12.1 Å². The van der Waals surface area contributed by atoms with E-state index >= 15 is 0 Å². The van der Waals surface area contributed by atoms with Gasteiger partial charge in [0.05, 0.1) is 7.14 Å². The zero-order chi connectivity index (χ0) is 14.4. The average Bonchev–Trinajstić information content (AvgIpc) is 2.37. The number of ether oxygens (including phenoxy) is 1. The predicted molar refractivity (Wildman–Crippen MR) is 95.3 cm³/mol. The molecule has 0 amide bonds. The topological polar surface area (TPSA) is 29.5 Å². The summed E-state index contributed by atoms with van der Waals surface area (Å²) in [6.07, 6.45) is 0. The number of carbonyl (C=O) groups is 1. The summed E-state index contributed by atoms with van der Waals surface area (Å²) in [5.41, 5.74) is 0.506. The van der Waals surface area contributed by atoms with E-state index in [0.29, 0.717) is 12.2 Å². The number of nitrogens with zero attached hydrogens (tertiary/aromatic N) is 1. The largest absolute Gasteiger partial charge is 0.490 e. The second-order valence-corrected chi connectivity index (χ2v) is 6.59. The Morgan fingerprint density at radius 1 is 1.26 bits per heavy atom. The van der Waals surface area contributed by atoms with E-state index < -0.39 is 5.24 Å². The van der Waals surface area contributed by atoms with Crippen LogP contribution in [0.1, 0.15) is 24.2 Å². The van der Waals surface area contributed by atoms with Crippen LogP contribution < -0.4 is 4.74 Å². The van der Waals surface area contributed by atoms with E-state index in [2.05, 4.69) is 63.9 Å². The summed E-state index contributed by atoms with van der Waals surface area (Å²) in [5.74, 6) is 0.829. The molecule has 0 spiro atoms. The molecule has 0 aliphatic heterocycles. The van der Waals surface area contributed by atoms with Gasteiger partial charge in [0.15, 0.2) is 0 Å². The van der Waals surface area contributed by atoms with Crippen molar-refractivity contribution in [3.63, 3.8) is 0 Å². The van der Waals surface area contributed by atoms with Crippen molar-refractivity contribution < 1.29 is 9.53 Å². The minimum Gasteiger partial charge on any atom is -0.490 e. The fraction of sp³-hybridized carbons (Fsp3) is 0.462. The maximum atomic E-state index is 11.2. The van der Waals surface area contributed by atoms with Crippen LogP contribution in [0.3, 0.4) is 0 Å². The van der Waals surface area contributed by atoms with Crippen molar-refractivity contribution in [2.75, 3.05) is 26.2 Å². The van der Waals surface area contributed by atoms with Crippen LogP contribution in [0, 0.1) is 7.14 Å². The lowest BCUT2D eigenvalue weighted by Crippen LogP contribution is -2.28. The van der Waals surface area contributed by atoms with E-state index in [1.807, 2.05) is 0 Å². The first-order valence-electron chi connectivity index (χ1n) is 6.03. The Labute approximate surface area is 146 Å². The summed E-state index contributed by atoms with van der Waals surface area (Å²) in [6.45, 7) is 7.86. The first kappa shape index (κ1) is 17.5. The number of hydrogen-bond acceptors (Lipinski definition) is 3. The molecule has 19 heavy (non-hydrogen) atoms. The fourth-order valence-electron chi connectivity index (χ4n) is 1.63. The van der Waals surface area contributed by atoms with Crippen molar-refractivity contribution in [2.24, 2.45) is 0 Å². The van der Waals surface area contributed by atoms with E-state index in [1.165, 1.54) is 0 Å². The van der Waals surface area contributed by atoms with Crippen LogP contribution >= 0.6 is 56.8 Å². The van der Waals surface area contributed by atoms with Gasteiger partial charge in [0.1, 0.15) is 12.4 Å². The van der Waals surface area contributed by atoms with Crippen molar-refractivity contribution in [2.45, 2.75) is 13.8 Å². The van der Waals surface area contributed by atoms with Gasteiger partial charge in [-0.3, -0.25) is 4.79 Å². The Balaban J connectivity index is 2.71. The lowest BCUT2D eigenvalue weighted by atomic mass is 10.2. The van der Waals surface area contributed by atoms with E-state index in [4.69, 9.17) is 16.3 Å². The van der Waals surface area contributed by atoms with Gasteiger partial charge >= 0.3 is 0 Å². The Morgan fingerprint density at radius 2 is 1.79 bits per heavy atom. The molecular formula is C13H16ClI2NO2. The van der Waals surface area contributed by atoms with Gasteiger partial charge in [0.25, 0.3) is 5.24 Å². The summed E-state index contributed by atoms with van der Waals surface area (Å²) in [7, 11) is 0. The molecule has 106 valence electrons. The molecule has 0 saturated carbocycles. The summed E-state index contributed by atoms with van der Waals surface area (Å²) >= 11 is 9.82.